The van der Waals surface area contributed by atoms with E-state index < -0.39 is 6.10 Å². The Morgan fingerprint density at radius 1 is 1.22 bits per heavy atom. The zero-order chi connectivity index (χ0) is 25.9. The minimum absolute atomic E-state index is 0.0379. The second-order valence-corrected chi connectivity index (χ2v) is 9.63. The predicted molar refractivity (Wildman–Crippen MR) is 139 cm³/mol. The van der Waals surface area contributed by atoms with E-state index >= 15 is 0 Å². The van der Waals surface area contributed by atoms with Crippen LogP contribution in [0.2, 0.25) is 0 Å². The van der Waals surface area contributed by atoms with Crippen molar-refractivity contribution in [1.82, 2.24) is 24.5 Å². The number of hydrogen-bond donors (Lipinski definition) is 3. The van der Waals surface area contributed by atoms with Crippen LogP contribution in [0.4, 0.5) is 10.2 Å². The van der Waals surface area contributed by atoms with Crippen molar-refractivity contribution in [1.29, 1.82) is 0 Å². The lowest BCUT2D eigenvalue weighted by Crippen LogP contribution is -2.26. The number of aliphatic hydroxyl groups is 2. The van der Waals surface area contributed by atoms with Crippen LogP contribution < -0.4 is 10.1 Å². The monoisotopic (exact) mass is 508 g/mol. The van der Waals surface area contributed by atoms with Gasteiger partial charge in [-0.15, -0.1) is 0 Å². The summed E-state index contributed by atoms with van der Waals surface area (Å²) in [6, 6.07) is 7.45. The SMILES string of the molecule is CCNc1cc2c(cn1)c(-c1cnn(C[C@@H](O)CO)c1)nn2C1CCC(Oc2cccc(C)c2F)CC1. The van der Waals surface area contributed by atoms with Crippen molar-refractivity contribution in [3.63, 3.8) is 0 Å². The van der Waals surface area contributed by atoms with Gasteiger partial charge in [0.25, 0.3) is 0 Å². The highest BCUT2D eigenvalue weighted by Gasteiger charge is 2.27. The number of pyridine rings is 1. The number of aliphatic hydroxyl groups excluding tert-OH is 2. The van der Waals surface area contributed by atoms with Gasteiger partial charge in [-0.2, -0.15) is 10.2 Å². The van der Waals surface area contributed by atoms with E-state index in [9.17, 15) is 9.50 Å². The van der Waals surface area contributed by atoms with E-state index in [-0.39, 0.29) is 31.1 Å². The molecule has 3 N–H and O–H groups in total. The van der Waals surface area contributed by atoms with Gasteiger partial charge in [-0.3, -0.25) is 9.36 Å². The van der Waals surface area contributed by atoms with Gasteiger partial charge < -0.3 is 20.3 Å². The largest absolute Gasteiger partial charge is 0.487 e. The van der Waals surface area contributed by atoms with Gasteiger partial charge in [0.1, 0.15) is 11.5 Å². The second kappa shape index (κ2) is 10.9. The van der Waals surface area contributed by atoms with Crippen molar-refractivity contribution in [3.8, 4) is 17.0 Å². The van der Waals surface area contributed by atoms with Crippen LogP contribution in [0.3, 0.4) is 0 Å². The highest BCUT2D eigenvalue weighted by molar-refractivity contribution is 5.93. The third-order valence-corrected chi connectivity index (χ3v) is 6.90. The standard InChI is InChI=1S/C27H33FN6O3/c1-3-29-25-11-23-22(13-30-25)27(18-12-31-33(14-18)15-20(36)16-35)32-34(23)19-7-9-21(10-8-19)37-24-6-4-5-17(2)26(24)28/h4-6,11-14,19-21,35-36H,3,7-10,15-16H2,1-2H3,(H,29,30)/t19?,20-,21?/m1/s1. The first-order valence-corrected chi connectivity index (χ1v) is 12.8. The number of ether oxygens (including phenoxy) is 1. The van der Waals surface area contributed by atoms with Gasteiger partial charge in [-0.25, -0.2) is 9.37 Å². The minimum Gasteiger partial charge on any atom is -0.487 e. The van der Waals surface area contributed by atoms with Gasteiger partial charge in [0.2, 0.25) is 0 Å². The molecule has 37 heavy (non-hydrogen) atoms. The molecule has 5 rings (SSSR count). The fourth-order valence-corrected chi connectivity index (χ4v) is 4.96. The summed E-state index contributed by atoms with van der Waals surface area (Å²) in [6.45, 7) is 4.41. The maximum absolute atomic E-state index is 14.4. The lowest BCUT2D eigenvalue weighted by Gasteiger charge is -2.29. The van der Waals surface area contributed by atoms with Gasteiger partial charge >= 0.3 is 0 Å². The van der Waals surface area contributed by atoms with E-state index in [0.29, 0.717) is 11.3 Å². The fourth-order valence-electron chi connectivity index (χ4n) is 4.96. The minimum atomic E-state index is -0.878. The molecule has 9 nitrogen and oxygen atoms in total. The molecular formula is C27H33FN6O3. The maximum atomic E-state index is 14.4. The molecule has 0 spiro atoms. The van der Waals surface area contributed by atoms with Crippen LogP contribution in [0.25, 0.3) is 22.2 Å². The zero-order valence-electron chi connectivity index (χ0n) is 21.1. The van der Waals surface area contributed by atoms with Crippen molar-refractivity contribution in [2.45, 2.75) is 64.3 Å². The summed E-state index contributed by atoms with van der Waals surface area (Å²) in [5.41, 5.74) is 3.16. The number of hydrogen-bond acceptors (Lipinski definition) is 7. The molecule has 0 radical (unpaired) electrons. The van der Waals surface area contributed by atoms with E-state index in [1.807, 2.05) is 31.5 Å². The molecule has 196 valence electrons. The summed E-state index contributed by atoms with van der Waals surface area (Å²) in [4.78, 5) is 4.56. The molecule has 10 heteroatoms. The zero-order valence-corrected chi connectivity index (χ0v) is 21.1. The number of halogens is 1. The van der Waals surface area contributed by atoms with Crippen LogP contribution in [-0.2, 0) is 6.54 Å². The third kappa shape index (κ3) is 5.30. The van der Waals surface area contributed by atoms with Crippen molar-refractivity contribution < 1.29 is 19.3 Å². The topological polar surface area (TPSA) is 110 Å². The molecule has 1 atom stereocenters. The molecule has 3 aromatic heterocycles. The molecule has 0 aliphatic heterocycles. The molecule has 3 heterocycles. The van der Waals surface area contributed by atoms with E-state index in [2.05, 4.69) is 20.1 Å². The summed E-state index contributed by atoms with van der Waals surface area (Å²) in [7, 11) is 0. The van der Waals surface area contributed by atoms with Crippen molar-refractivity contribution in [2.24, 2.45) is 0 Å². The molecule has 0 bridgehead atoms. The number of aromatic nitrogens is 5. The Hall–Kier alpha value is -3.50. The summed E-state index contributed by atoms with van der Waals surface area (Å²) in [5.74, 6) is 0.819. The molecule has 1 saturated carbocycles. The first-order chi connectivity index (χ1) is 18.0. The predicted octanol–water partition coefficient (Wildman–Crippen LogP) is 4.09. The lowest BCUT2D eigenvalue weighted by atomic mass is 9.93. The molecule has 1 aromatic carbocycles. The normalized spacial score (nSPS) is 18.7. The Labute approximate surface area is 214 Å². The average molecular weight is 509 g/mol. The molecule has 1 fully saturated rings. The van der Waals surface area contributed by atoms with E-state index in [0.717, 1.165) is 60.2 Å². The van der Waals surface area contributed by atoms with Gasteiger partial charge in [0.05, 0.1) is 43.1 Å². The van der Waals surface area contributed by atoms with Crippen LogP contribution in [-0.4, -0.2) is 60.1 Å². The third-order valence-electron chi connectivity index (χ3n) is 6.90. The second-order valence-electron chi connectivity index (χ2n) is 9.63. The molecule has 4 aromatic rings. The van der Waals surface area contributed by atoms with E-state index in [4.69, 9.17) is 14.9 Å². The van der Waals surface area contributed by atoms with Crippen LogP contribution in [0, 0.1) is 12.7 Å². The molecule has 1 aliphatic carbocycles. The number of fused-ring (bicyclic) bond motifs is 1. The first kappa shape index (κ1) is 25.2. The molecule has 1 aliphatic rings. The first-order valence-electron chi connectivity index (χ1n) is 12.8. The number of benzene rings is 1. The Kier molecular flexibility index (Phi) is 7.38. The quantitative estimate of drug-likeness (QED) is 0.312. The molecular weight excluding hydrogens is 475 g/mol. The Morgan fingerprint density at radius 2 is 2.03 bits per heavy atom. The lowest BCUT2D eigenvalue weighted by molar-refractivity contribution is 0.0783. The van der Waals surface area contributed by atoms with Gasteiger partial charge in [0, 0.05) is 36.0 Å². The highest BCUT2D eigenvalue weighted by atomic mass is 19.1. The highest BCUT2D eigenvalue weighted by Crippen LogP contribution is 2.37. The molecule has 0 amide bonds. The summed E-state index contributed by atoms with van der Waals surface area (Å²) in [6.07, 6.45) is 7.78. The summed E-state index contributed by atoms with van der Waals surface area (Å²) < 4.78 is 24.2. The summed E-state index contributed by atoms with van der Waals surface area (Å²) >= 11 is 0. The number of nitrogens with zero attached hydrogens (tertiary/aromatic N) is 5. The number of aryl methyl sites for hydroxylation is 1. The van der Waals surface area contributed by atoms with Gasteiger partial charge in [0.15, 0.2) is 11.6 Å². The number of rotatable bonds is 9. The van der Waals surface area contributed by atoms with E-state index in [1.54, 1.807) is 29.9 Å². The number of anilines is 1. The maximum Gasteiger partial charge on any atom is 0.167 e. The van der Waals surface area contributed by atoms with E-state index in [1.165, 1.54) is 0 Å². The van der Waals surface area contributed by atoms with Crippen LogP contribution in [0.15, 0.2) is 42.9 Å². The van der Waals surface area contributed by atoms with Crippen molar-refractivity contribution >= 4 is 16.7 Å². The van der Waals surface area contributed by atoms with Crippen LogP contribution in [0.1, 0.15) is 44.2 Å². The number of nitrogens with one attached hydrogen (secondary N) is 1. The smallest absolute Gasteiger partial charge is 0.167 e. The molecule has 0 unspecified atom stereocenters. The average Bonchev–Trinajstić information content (AvgIpc) is 3.52. The van der Waals surface area contributed by atoms with Crippen LogP contribution in [0.5, 0.6) is 5.75 Å². The fraction of sp³-hybridized carbons (Fsp3) is 0.444. The Balaban J connectivity index is 1.40. The van der Waals surface area contributed by atoms with Crippen molar-refractivity contribution in [3.05, 3.63) is 54.2 Å². The Morgan fingerprint density at radius 3 is 2.78 bits per heavy atom. The van der Waals surface area contributed by atoms with Gasteiger partial charge in [-0.1, -0.05) is 12.1 Å². The Bertz CT molecular complexity index is 1360. The van der Waals surface area contributed by atoms with Gasteiger partial charge in [-0.05, 0) is 51.2 Å². The van der Waals surface area contributed by atoms with Crippen LogP contribution >= 0.6 is 0 Å². The summed E-state index contributed by atoms with van der Waals surface area (Å²) in [5, 5.41) is 32.5. The van der Waals surface area contributed by atoms with Crippen molar-refractivity contribution in [2.75, 3.05) is 18.5 Å². The molecule has 0 saturated heterocycles.